The van der Waals surface area contributed by atoms with Crippen LogP contribution >= 0.6 is 0 Å². The molecule has 0 spiro atoms. The van der Waals surface area contributed by atoms with Crippen molar-refractivity contribution >= 4 is 11.6 Å². The van der Waals surface area contributed by atoms with Crippen LogP contribution in [0.4, 0.5) is 5.69 Å². The highest BCUT2D eigenvalue weighted by molar-refractivity contribution is 5.94. The van der Waals surface area contributed by atoms with Crippen LogP contribution < -0.4 is 15.8 Å². The molecular formula is C23H24N2O3. The van der Waals surface area contributed by atoms with Crippen LogP contribution in [0, 0.1) is 6.92 Å². The minimum Gasteiger partial charge on any atom is -0.457 e. The van der Waals surface area contributed by atoms with Crippen molar-refractivity contribution in [3.05, 3.63) is 90.0 Å². The zero-order valence-electron chi connectivity index (χ0n) is 15.8. The summed E-state index contributed by atoms with van der Waals surface area (Å²) in [7, 11) is 0. The minimum absolute atomic E-state index is 0.148. The summed E-state index contributed by atoms with van der Waals surface area (Å²) in [4.78, 5) is 12.2. The topological polar surface area (TPSA) is 73.6 Å². The van der Waals surface area contributed by atoms with Crippen LogP contribution in [0.2, 0.25) is 0 Å². The Morgan fingerprint density at radius 2 is 1.54 bits per heavy atom. The maximum atomic E-state index is 12.2. The first-order valence-corrected chi connectivity index (χ1v) is 9.13. The van der Waals surface area contributed by atoms with Gasteiger partial charge < -0.3 is 20.5 Å². The number of rotatable bonds is 8. The molecular weight excluding hydrogens is 352 g/mol. The molecule has 0 unspecified atom stereocenters. The van der Waals surface area contributed by atoms with E-state index < -0.39 is 6.04 Å². The monoisotopic (exact) mass is 376 g/mol. The van der Waals surface area contributed by atoms with Gasteiger partial charge in [0.05, 0.1) is 13.2 Å². The largest absolute Gasteiger partial charge is 0.457 e. The third-order valence-electron chi connectivity index (χ3n) is 4.12. The molecule has 0 bridgehead atoms. The Hall–Kier alpha value is -3.15. The minimum atomic E-state index is -0.743. The zero-order valence-corrected chi connectivity index (χ0v) is 15.8. The molecule has 0 saturated heterocycles. The highest BCUT2D eigenvalue weighted by atomic mass is 16.5. The van der Waals surface area contributed by atoms with E-state index in [-0.39, 0.29) is 12.5 Å². The standard InChI is InChI=1S/C23H24N2O3/c1-17-7-11-20(12-8-17)28-21-13-9-19(10-14-21)25-23(26)22(24)16-27-15-18-5-3-2-4-6-18/h2-14,22H,15-16,24H2,1H3,(H,25,26)/t22-/m0/s1. The van der Waals surface area contributed by atoms with Crippen molar-refractivity contribution in [2.45, 2.75) is 19.6 Å². The number of hydrogen-bond donors (Lipinski definition) is 2. The van der Waals surface area contributed by atoms with Gasteiger partial charge in [-0.2, -0.15) is 0 Å². The van der Waals surface area contributed by atoms with Crippen molar-refractivity contribution in [2.24, 2.45) is 5.73 Å². The highest BCUT2D eigenvalue weighted by Gasteiger charge is 2.14. The third-order valence-corrected chi connectivity index (χ3v) is 4.12. The first kappa shape index (κ1) is 19.6. The van der Waals surface area contributed by atoms with Gasteiger partial charge in [-0.1, -0.05) is 48.0 Å². The number of carbonyl (C=O) groups excluding carboxylic acids is 1. The van der Waals surface area contributed by atoms with Gasteiger partial charge >= 0.3 is 0 Å². The van der Waals surface area contributed by atoms with Gasteiger partial charge in [0.2, 0.25) is 5.91 Å². The SMILES string of the molecule is Cc1ccc(Oc2ccc(NC(=O)[C@@H](N)COCc3ccccc3)cc2)cc1. The molecule has 3 aromatic carbocycles. The van der Waals surface area contributed by atoms with E-state index in [2.05, 4.69) is 5.32 Å². The molecule has 0 saturated carbocycles. The summed E-state index contributed by atoms with van der Waals surface area (Å²) in [6, 6.07) is 24.0. The Labute approximate surface area is 165 Å². The Morgan fingerprint density at radius 3 is 2.18 bits per heavy atom. The molecule has 5 heteroatoms. The van der Waals surface area contributed by atoms with Crippen LogP contribution in [0.15, 0.2) is 78.9 Å². The molecule has 0 heterocycles. The fourth-order valence-electron chi connectivity index (χ4n) is 2.54. The second kappa shape index (κ2) is 9.69. The third kappa shape index (κ3) is 5.94. The van der Waals surface area contributed by atoms with Crippen LogP contribution in [0.3, 0.4) is 0 Å². The lowest BCUT2D eigenvalue weighted by Crippen LogP contribution is -2.39. The molecule has 0 aliphatic heterocycles. The van der Waals surface area contributed by atoms with Gasteiger partial charge in [-0.25, -0.2) is 0 Å². The lowest BCUT2D eigenvalue weighted by atomic mass is 10.2. The number of nitrogens with one attached hydrogen (secondary N) is 1. The molecule has 144 valence electrons. The Kier molecular flexibility index (Phi) is 6.78. The molecule has 0 aliphatic rings. The number of nitrogens with two attached hydrogens (primary N) is 1. The number of hydrogen-bond acceptors (Lipinski definition) is 4. The van der Waals surface area contributed by atoms with Crippen molar-refractivity contribution in [3.8, 4) is 11.5 Å². The Morgan fingerprint density at radius 1 is 0.929 bits per heavy atom. The lowest BCUT2D eigenvalue weighted by molar-refractivity contribution is -0.118. The number of amides is 1. The fourth-order valence-corrected chi connectivity index (χ4v) is 2.54. The number of anilines is 1. The van der Waals surface area contributed by atoms with Crippen molar-refractivity contribution in [1.29, 1.82) is 0 Å². The normalized spacial score (nSPS) is 11.6. The van der Waals surface area contributed by atoms with Gasteiger partial charge in [-0.3, -0.25) is 4.79 Å². The van der Waals surface area contributed by atoms with Crippen molar-refractivity contribution < 1.29 is 14.3 Å². The average molecular weight is 376 g/mol. The first-order chi connectivity index (χ1) is 13.6. The van der Waals surface area contributed by atoms with Gasteiger partial charge in [0.25, 0.3) is 0 Å². The summed E-state index contributed by atoms with van der Waals surface area (Å²) in [5, 5.41) is 2.79. The van der Waals surface area contributed by atoms with E-state index in [9.17, 15) is 4.79 Å². The van der Waals surface area contributed by atoms with E-state index in [1.807, 2.05) is 61.5 Å². The van der Waals surface area contributed by atoms with Crippen molar-refractivity contribution in [3.63, 3.8) is 0 Å². The molecule has 3 N–H and O–H groups in total. The summed E-state index contributed by atoms with van der Waals surface area (Å²) in [6.07, 6.45) is 0. The average Bonchev–Trinajstić information content (AvgIpc) is 2.72. The van der Waals surface area contributed by atoms with E-state index >= 15 is 0 Å². The molecule has 0 aromatic heterocycles. The lowest BCUT2D eigenvalue weighted by Gasteiger charge is -2.13. The molecule has 1 atom stereocenters. The smallest absolute Gasteiger partial charge is 0.243 e. The maximum absolute atomic E-state index is 12.2. The van der Waals surface area contributed by atoms with Gasteiger partial charge in [-0.15, -0.1) is 0 Å². The molecule has 28 heavy (non-hydrogen) atoms. The molecule has 0 aliphatic carbocycles. The Balaban J connectivity index is 1.46. The summed E-state index contributed by atoms with van der Waals surface area (Å²) in [5.41, 5.74) is 8.78. The summed E-state index contributed by atoms with van der Waals surface area (Å²) in [5.74, 6) is 1.16. The van der Waals surface area contributed by atoms with Gasteiger partial charge in [-0.05, 0) is 48.9 Å². The molecule has 3 aromatic rings. The van der Waals surface area contributed by atoms with Crippen LogP contribution in [0.25, 0.3) is 0 Å². The number of benzene rings is 3. The predicted molar refractivity (Wildman–Crippen MR) is 110 cm³/mol. The van der Waals surface area contributed by atoms with Gasteiger partial charge in [0.1, 0.15) is 17.5 Å². The van der Waals surface area contributed by atoms with E-state index in [0.717, 1.165) is 11.3 Å². The summed E-state index contributed by atoms with van der Waals surface area (Å²) >= 11 is 0. The maximum Gasteiger partial charge on any atom is 0.243 e. The molecule has 1 amide bonds. The van der Waals surface area contributed by atoms with E-state index in [4.69, 9.17) is 15.2 Å². The van der Waals surface area contributed by atoms with Crippen LogP contribution in [-0.4, -0.2) is 18.6 Å². The molecule has 0 fully saturated rings. The Bertz CT molecular complexity index is 878. The molecule has 5 nitrogen and oxygen atoms in total. The second-order valence-electron chi connectivity index (χ2n) is 6.54. The van der Waals surface area contributed by atoms with E-state index in [1.54, 1.807) is 24.3 Å². The summed E-state index contributed by atoms with van der Waals surface area (Å²) < 4.78 is 11.3. The van der Waals surface area contributed by atoms with Crippen LogP contribution in [-0.2, 0) is 16.1 Å². The number of ether oxygens (including phenoxy) is 2. The quantitative estimate of drug-likeness (QED) is 0.616. The fraction of sp³-hybridized carbons (Fsp3) is 0.174. The van der Waals surface area contributed by atoms with Gasteiger partial charge in [0.15, 0.2) is 0 Å². The van der Waals surface area contributed by atoms with Crippen molar-refractivity contribution in [1.82, 2.24) is 0 Å². The summed E-state index contributed by atoms with van der Waals surface area (Å²) in [6.45, 7) is 2.60. The van der Waals surface area contributed by atoms with Gasteiger partial charge in [0, 0.05) is 5.69 Å². The van der Waals surface area contributed by atoms with E-state index in [1.165, 1.54) is 5.56 Å². The first-order valence-electron chi connectivity index (χ1n) is 9.13. The van der Waals surface area contributed by atoms with Crippen molar-refractivity contribution in [2.75, 3.05) is 11.9 Å². The van der Waals surface area contributed by atoms with Crippen LogP contribution in [0.5, 0.6) is 11.5 Å². The molecule has 0 radical (unpaired) electrons. The highest BCUT2D eigenvalue weighted by Crippen LogP contribution is 2.23. The number of aryl methyl sites for hydroxylation is 1. The molecule has 3 rings (SSSR count). The number of carbonyl (C=O) groups is 1. The predicted octanol–water partition coefficient (Wildman–Crippen LogP) is 4.27. The zero-order chi connectivity index (χ0) is 19.8. The van der Waals surface area contributed by atoms with E-state index in [0.29, 0.717) is 18.0 Å². The second-order valence-corrected chi connectivity index (χ2v) is 6.54. The van der Waals surface area contributed by atoms with Crippen LogP contribution in [0.1, 0.15) is 11.1 Å².